The first kappa shape index (κ1) is 17.0. The lowest BCUT2D eigenvalue weighted by Gasteiger charge is -2.22. The van der Waals surface area contributed by atoms with Gasteiger partial charge in [0.1, 0.15) is 6.07 Å². The molecule has 1 rings (SSSR count). The van der Waals surface area contributed by atoms with Crippen molar-refractivity contribution in [3.8, 4) is 6.07 Å². The fourth-order valence-electron chi connectivity index (χ4n) is 2.16. The summed E-state index contributed by atoms with van der Waals surface area (Å²) in [7, 11) is -3.62. The topological polar surface area (TPSA) is 70.0 Å². The minimum Gasteiger partial charge on any atom is -0.208 e. The third kappa shape index (κ3) is 3.95. The molecular formula is C14H19ClN2O2S. The summed E-state index contributed by atoms with van der Waals surface area (Å²) in [4.78, 5) is 0.0827. The molecule has 0 saturated heterocycles. The second-order valence-electron chi connectivity index (χ2n) is 4.74. The van der Waals surface area contributed by atoms with Gasteiger partial charge in [-0.15, -0.1) is 0 Å². The second kappa shape index (κ2) is 7.07. The van der Waals surface area contributed by atoms with Gasteiger partial charge in [-0.2, -0.15) is 5.26 Å². The van der Waals surface area contributed by atoms with Gasteiger partial charge in [0, 0.05) is 6.04 Å². The molecule has 20 heavy (non-hydrogen) atoms. The van der Waals surface area contributed by atoms with Gasteiger partial charge in [-0.3, -0.25) is 0 Å². The number of benzene rings is 1. The first-order valence-electron chi connectivity index (χ1n) is 6.57. The zero-order chi connectivity index (χ0) is 15.3. The van der Waals surface area contributed by atoms with Gasteiger partial charge in [0.15, 0.2) is 0 Å². The van der Waals surface area contributed by atoms with Crippen LogP contribution in [0.15, 0.2) is 23.1 Å². The van der Waals surface area contributed by atoms with Crippen molar-refractivity contribution in [1.29, 1.82) is 5.26 Å². The molecule has 1 N–H and O–H groups in total. The Morgan fingerprint density at radius 3 is 2.40 bits per heavy atom. The maximum Gasteiger partial charge on any atom is 0.240 e. The second-order valence-corrected chi connectivity index (χ2v) is 6.86. The van der Waals surface area contributed by atoms with Gasteiger partial charge in [-0.05, 0) is 31.0 Å². The van der Waals surface area contributed by atoms with Crippen LogP contribution in [0.25, 0.3) is 0 Å². The predicted molar refractivity (Wildman–Crippen MR) is 80.0 cm³/mol. The van der Waals surface area contributed by atoms with Crippen molar-refractivity contribution in [2.24, 2.45) is 5.92 Å². The molecule has 1 unspecified atom stereocenters. The average molecular weight is 315 g/mol. The standard InChI is InChI=1S/C14H19ClN2O2S/c1-4-11(5-2)10(3)17-20(18,19)13-7-6-12(9-16)14(15)8-13/h6-8,10-11,17H,4-5H2,1-3H3. The lowest BCUT2D eigenvalue weighted by atomic mass is 9.96. The molecule has 0 bridgehead atoms. The summed E-state index contributed by atoms with van der Waals surface area (Å²) in [6, 6.07) is 5.87. The first-order chi connectivity index (χ1) is 9.35. The quantitative estimate of drug-likeness (QED) is 0.875. The minimum atomic E-state index is -3.62. The van der Waals surface area contributed by atoms with E-state index in [1.807, 2.05) is 26.8 Å². The molecule has 0 aromatic heterocycles. The molecule has 4 nitrogen and oxygen atoms in total. The molecule has 0 aliphatic carbocycles. The van der Waals surface area contributed by atoms with Crippen LogP contribution in [0.3, 0.4) is 0 Å². The number of halogens is 1. The summed E-state index contributed by atoms with van der Waals surface area (Å²) in [5.74, 6) is 0.290. The smallest absolute Gasteiger partial charge is 0.208 e. The van der Waals surface area contributed by atoms with Gasteiger partial charge in [0.05, 0.1) is 15.5 Å². The summed E-state index contributed by atoms with van der Waals surface area (Å²) in [6.45, 7) is 5.94. The van der Waals surface area contributed by atoms with E-state index in [1.165, 1.54) is 18.2 Å². The third-order valence-corrected chi connectivity index (χ3v) is 5.34. The molecule has 0 radical (unpaired) electrons. The highest BCUT2D eigenvalue weighted by atomic mass is 35.5. The summed E-state index contributed by atoms with van der Waals surface area (Å²) < 4.78 is 27.2. The van der Waals surface area contributed by atoms with E-state index in [0.717, 1.165) is 12.8 Å². The van der Waals surface area contributed by atoms with Crippen LogP contribution < -0.4 is 4.72 Å². The Bertz CT molecular complexity index is 604. The Balaban J connectivity index is 3.00. The van der Waals surface area contributed by atoms with Crippen LogP contribution in [0.2, 0.25) is 5.02 Å². The van der Waals surface area contributed by atoms with E-state index in [0.29, 0.717) is 5.92 Å². The molecule has 0 saturated carbocycles. The predicted octanol–water partition coefficient (Wildman–Crippen LogP) is 3.31. The number of hydrogen-bond donors (Lipinski definition) is 1. The van der Waals surface area contributed by atoms with E-state index in [9.17, 15) is 8.42 Å². The SMILES string of the molecule is CCC(CC)C(C)NS(=O)(=O)c1ccc(C#N)c(Cl)c1. The van der Waals surface area contributed by atoms with E-state index in [4.69, 9.17) is 16.9 Å². The number of nitrogens with zero attached hydrogens (tertiary/aromatic N) is 1. The van der Waals surface area contributed by atoms with Crippen LogP contribution in [0.5, 0.6) is 0 Å². The Kier molecular flexibility index (Phi) is 6.00. The fraction of sp³-hybridized carbons (Fsp3) is 0.500. The van der Waals surface area contributed by atoms with Crippen LogP contribution in [-0.4, -0.2) is 14.5 Å². The maximum atomic E-state index is 12.3. The zero-order valence-electron chi connectivity index (χ0n) is 11.9. The van der Waals surface area contributed by atoms with Crippen LogP contribution in [0.4, 0.5) is 0 Å². The Morgan fingerprint density at radius 2 is 1.95 bits per heavy atom. The number of nitrogens with one attached hydrogen (secondary N) is 1. The highest BCUT2D eigenvalue weighted by Crippen LogP contribution is 2.21. The number of rotatable bonds is 6. The largest absolute Gasteiger partial charge is 0.240 e. The van der Waals surface area contributed by atoms with Gasteiger partial charge >= 0.3 is 0 Å². The molecule has 0 amide bonds. The summed E-state index contributed by atoms with van der Waals surface area (Å²) in [6.07, 6.45) is 1.82. The lowest BCUT2D eigenvalue weighted by molar-refractivity contribution is 0.391. The van der Waals surface area contributed by atoms with Gasteiger partial charge in [0.25, 0.3) is 0 Å². The monoisotopic (exact) mass is 314 g/mol. The molecular weight excluding hydrogens is 296 g/mol. The number of sulfonamides is 1. The zero-order valence-corrected chi connectivity index (χ0v) is 13.4. The summed E-state index contributed by atoms with van der Waals surface area (Å²) >= 11 is 5.87. The number of nitriles is 1. The van der Waals surface area contributed by atoms with Crippen molar-refractivity contribution in [2.75, 3.05) is 0 Å². The van der Waals surface area contributed by atoms with Crippen molar-refractivity contribution >= 4 is 21.6 Å². The minimum absolute atomic E-state index is 0.0827. The molecule has 6 heteroatoms. The summed E-state index contributed by atoms with van der Waals surface area (Å²) in [5, 5.41) is 8.94. The third-order valence-electron chi connectivity index (χ3n) is 3.47. The van der Waals surface area contributed by atoms with Crippen LogP contribution in [0, 0.1) is 17.2 Å². The molecule has 0 fully saturated rings. The molecule has 0 heterocycles. The number of hydrogen-bond acceptors (Lipinski definition) is 3. The highest BCUT2D eigenvalue weighted by Gasteiger charge is 2.22. The van der Waals surface area contributed by atoms with E-state index >= 15 is 0 Å². The highest BCUT2D eigenvalue weighted by molar-refractivity contribution is 7.89. The van der Waals surface area contributed by atoms with Gasteiger partial charge in [-0.25, -0.2) is 13.1 Å². The lowest BCUT2D eigenvalue weighted by Crippen LogP contribution is -2.37. The summed E-state index contributed by atoms with van der Waals surface area (Å²) in [5.41, 5.74) is 0.263. The molecule has 0 spiro atoms. The van der Waals surface area contributed by atoms with Crippen molar-refractivity contribution in [3.63, 3.8) is 0 Å². The van der Waals surface area contributed by atoms with Crippen molar-refractivity contribution in [2.45, 2.75) is 44.6 Å². The van der Waals surface area contributed by atoms with Crippen LogP contribution in [0.1, 0.15) is 39.2 Å². The Hall–Kier alpha value is -1.09. The molecule has 110 valence electrons. The molecule has 0 aliphatic heterocycles. The Labute approximate surface area is 125 Å². The molecule has 1 aromatic rings. The fourth-order valence-corrected chi connectivity index (χ4v) is 3.78. The van der Waals surface area contributed by atoms with E-state index in [1.54, 1.807) is 0 Å². The Morgan fingerprint density at radius 1 is 1.35 bits per heavy atom. The van der Waals surface area contributed by atoms with Gasteiger partial charge in [0.2, 0.25) is 10.0 Å². The van der Waals surface area contributed by atoms with Crippen LogP contribution >= 0.6 is 11.6 Å². The molecule has 1 atom stereocenters. The maximum absolute atomic E-state index is 12.3. The van der Waals surface area contributed by atoms with Crippen molar-refractivity contribution < 1.29 is 8.42 Å². The van der Waals surface area contributed by atoms with E-state index < -0.39 is 10.0 Å². The molecule has 0 aliphatic rings. The van der Waals surface area contributed by atoms with Crippen LogP contribution in [-0.2, 0) is 10.0 Å². The van der Waals surface area contributed by atoms with Crippen molar-refractivity contribution in [1.82, 2.24) is 4.72 Å². The van der Waals surface area contributed by atoms with E-state index in [-0.39, 0.29) is 21.5 Å². The van der Waals surface area contributed by atoms with E-state index in [2.05, 4.69) is 4.72 Å². The first-order valence-corrected chi connectivity index (χ1v) is 8.43. The molecule has 1 aromatic carbocycles. The normalized spacial score (nSPS) is 13.2. The van der Waals surface area contributed by atoms with Gasteiger partial charge < -0.3 is 0 Å². The average Bonchev–Trinajstić information content (AvgIpc) is 2.39. The van der Waals surface area contributed by atoms with Gasteiger partial charge in [-0.1, -0.05) is 38.3 Å². The van der Waals surface area contributed by atoms with Crippen molar-refractivity contribution in [3.05, 3.63) is 28.8 Å².